The number of Topliss-reactive ketones (excluding diaryl/α,β-unsaturated/α-hetero) is 1. The summed E-state index contributed by atoms with van der Waals surface area (Å²) in [5.41, 5.74) is -0.424. The Bertz CT molecular complexity index is 982. The van der Waals surface area contributed by atoms with Gasteiger partial charge in [-0.15, -0.1) is 0 Å². The third kappa shape index (κ3) is 6.36. The number of hydrogen-bond acceptors (Lipinski definition) is 4. The second kappa shape index (κ2) is 11.2. The van der Waals surface area contributed by atoms with Gasteiger partial charge in [0, 0.05) is 31.3 Å². The van der Waals surface area contributed by atoms with Crippen molar-refractivity contribution in [1.29, 1.82) is 0 Å². The van der Waals surface area contributed by atoms with E-state index in [2.05, 4.69) is 10.6 Å². The van der Waals surface area contributed by atoms with Crippen LogP contribution in [0.15, 0.2) is 47.4 Å². The SMILES string of the molecule is CCNC(=O)c1cc(C(=O)CCCC[C@]2(F)CCCNC2)cn(Cc2ccccc2)c1=O. The molecule has 0 saturated carbocycles. The van der Waals surface area contributed by atoms with Crippen LogP contribution in [0.25, 0.3) is 0 Å². The molecule has 1 aromatic carbocycles. The number of rotatable bonds is 10. The lowest BCUT2D eigenvalue weighted by Crippen LogP contribution is -2.42. The number of ketones is 1. The number of nitrogens with zero attached hydrogens (tertiary/aromatic N) is 1. The maximum absolute atomic E-state index is 14.7. The first-order valence-electron chi connectivity index (χ1n) is 11.4. The van der Waals surface area contributed by atoms with Gasteiger partial charge in [0.15, 0.2) is 5.78 Å². The minimum atomic E-state index is -1.18. The summed E-state index contributed by atoms with van der Waals surface area (Å²) in [6, 6.07) is 10.8. The molecule has 3 rings (SSSR count). The summed E-state index contributed by atoms with van der Waals surface area (Å²) in [5.74, 6) is -0.634. The van der Waals surface area contributed by atoms with Crippen LogP contribution < -0.4 is 16.2 Å². The van der Waals surface area contributed by atoms with Crippen molar-refractivity contribution in [2.75, 3.05) is 19.6 Å². The normalized spacial score (nSPS) is 18.3. The van der Waals surface area contributed by atoms with Crippen molar-refractivity contribution in [2.24, 2.45) is 0 Å². The van der Waals surface area contributed by atoms with E-state index in [-0.39, 0.29) is 24.3 Å². The molecule has 0 unspecified atom stereocenters. The summed E-state index contributed by atoms with van der Waals surface area (Å²) < 4.78 is 16.1. The Morgan fingerprint density at radius 1 is 1.22 bits per heavy atom. The maximum atomic E-state index is 14.7. The quantitative estimate of drug-likeness (QED) is 0.437. The topological polar surface area (TPSA) is 80.2 Å². The zero-order valence-electron chi connectivity index (χ0n) is 18.7. The molecule has 2 N–H and O–H groups in total. The van der Waals surface area contributed by atoms with Gasteiger partial charge in [-0.2, -0.15) is 0 Å². The van der Waals surface area contributed by atoms with Crippen molar-refractivity contribution >= 4 is 11.7 Å². The zero-order chi connectivity index (χ0) is 23.0. The van der Waals surface area contributed by atoms with Crippen LogP contribution in [0.2, 0.25) is 0 Å². The number of nitrogens with one attached hydrogen (secondary N) is 2. The largest absolute Gasteiger partial charge is 0.352 e. The first kappa shape index (κ1) is 23.9. The number of carbonyl (C=O) groups is 2. The molecule has 1 aliphatic rings. The van der Waals surface area contributed by atoms with Crippen molar-refractivity contribution < 1.29 is 14.0 Å². The molecule has 1 aliphatic heterocycles. The van der Waals surface area contributed by atoms with Gasteiger partial charge in [0.25, 0.3) is 11.5 Å². The maximum Gasteiger partial charge on any atom is 0.263 e. The van der Waals surface area contributed by atoms with Crippen molar-refractivity contribution in [3.63, 3.8) is 0 Å². The van der Waals surface area contributed by atoms with E-state index in [1.54, 1.807) is 6.92 Å². The molecule has 0 radical (unpaired) electrons. The molecule has 32 heavy (non-hydrogen) atoms. The van der Waals surface area contributed by atoms with Gasteiger partial charge in [-0.1, -0.05) is 30.3 Å². The number of halogens is 1. The van der Waals surface area contributed by atoms with Gasteiger partial charge in [-0.25, -0.2) is 4.39 Å². The van der Waals surface area contributed by atoms with E-state index in [9.17, 15) is 18.8 Å². The summed E-state index contributed by atoms with van der Waals surface area (Å²) >= 11 is 0. The van der Waals surface area contributed by atoms with Crippen LogP contribution in [-0.4, -0.2) is 41.6 Å². The number of unbranched alkanes of at least 4 members (excludes halogenated alkanes) is 1. The Kier molecular flexibility index (Phi) is 8.33. The van der Waals surface area contributed by atoms with Gasteiger partial charge >= 0.3 is 0 Å². The van der Waals surface area contributed by atoms with Crippen LogP contribution in [0.3, 0.4) is 0 Å². The molecule has 2 heterocycles. The molecule has 0 bridgehead atoms. The lowest BCUT2D eigenvalue weighted by Gasteiger charge is -2.30. The monoisotopic (exact) mass is 441 g/mol. The fourth-order valence-electron chi connectivity index (χ4n) is 4.12. The average Bonchev–Trinajstić information content (AvgIpc) is 2.79. The fraction of sp³-hybridized carbons (Fsp3) is 0.480. The number of piperidine rings is 1. The predicted octanol–water partition coefficient (Wildman–Crippen LogP) is 3.48. The first-order valence-corrected chi connectivity index (χ1v) is 11.4. The van der Waals surface area contributed by atoms with E-state index in [0.717, 1.165) is 18.5 Å². The van der Waals surface area contributed by atoms with Crippen molar-refractivity contribution in [2.45, 2.75) is 57.7 Å². The molecular weight excluding hydrogens is 409 g/mol. The highest BCUT2D eigenvalue weighted by atomic mass is 19.1. The lowest BCUT2D eigenvalue weighted by atomic mass is 9.90. The van der Waals surface area contributed by atoms with Crippen molar-refractivity contribution in [1.82, 2.24) is 15.2 Å². The third-order valence-corrected chi connectivity index (χ3v) is 5.88. The molecule has 1 amide bonds. The Hall–Kier alpha value is -2.80. The molecule has 1 atom stereocenters. The van der Waals surface area contributed by atoms with Crippen LogP contribution in [0.1, 0.15) is 71.7 Å². The van der Waals surface area contributed by atoms with Crippen LogP contribution in [0.5, 0.6) is 0 Å². The Morgan fingerprint density at radius 3 is 2.69 bits per heavy atom. The predicted molar refractivity (Wildman–Crippen MR) is 123 cm³/mol. The van der Waals surface area contributed by atoms with Gasteiger partial charge in [0.05, 0.1) is 6.54 Å². The minimum Gasteiger partial charge on any atom is -0.352 e. The average molecular weight is 442 g/mol. The Labute approximate surface area is 188 Å². The molecular formula is C25H32FN3O3. The van der Waals surface area contributed by atoms with E-state index in [1.165, 1.54) is 16.8 Å². The number of alkyl halides is 1. The number of hydrogen-bond donors (Lipinski definition) is 2. The summed E-state index contributed by atoms with van der Waals surface area (Å²) in [4.78, 5) is 38.2. The summed E-state index contributed by atoms with van der Waals surface area (Å²) in [6.45, 7) is 3.66. The number of pyridine rings is 1. The van der Waals surface area contributed by atoms with Crippen LogP contribution in [0.4, 0.5) is 4.39 Å². The smallest absolute Gasteiger partial charge is 0.263 e. The Balaban J connectivity index is 1.72. The highest BCUT2D eigenvalue weighted by Gasteiger charge is 2.30. The standard InChI is InChI=1S/C25H32FN3O3/c1-2-28-23(31)21-15-20(17-29(24(21)32)16-19-9-4-3-5-10-19)22(30)11-6-7-12-25(26)13-8-14-27-18-25/h3-5,9-10,15,17,27H,2,6-8,11-14,16,18H2,1H3,(H,28,31)/t25-/m0/s1. The molecule has 0 aliphatic carbocycles. The fourth-order valence-corrected chi connectivity index (χ4v) is 4.12. The highest BCUT2D eigenvalue weighted by Crippen LogP contribution is 2.27. The first-order chi connectivity index (χ1) is 15.4. The molecule has 1 aromatic heterocycles. The number of amides is 1. The molecule has 7 heteroatoms. The minimum absolute atomic E-state index is 0.0374. The van der Waals surface area contributed by atoms with E-state index < -0.39 is 17.1 Å². The number of carbonyl (C=O) groups excluding carboxylic acids is 2. The van der Waals surface area contributed by atoms with Crippen molar-refractivity contribution in [3.8, 4) is 0 Å². The summed E-state index contributed by atoms with van der Waals surface area (Å²) in [6.07, 6.45) is 4.81. The number of benzene rings is 1. The molecule has 6 nitrogen and oxygen atoms in total. The van der Waals surface area contributed by atoms with Gasteiger partial charge < -0.3 is 15.2 Å². The van der Waals surface area contributed by atoms with Crippen molar-refractivity contribution in [3.05, 3.63) is 69.6 Å². The van der Waals surface area contributed by atoms with Gasteiger partial charge in [0.1, 0.15) is 11.2 Å². The summed E-state index contributed by atoms with van der Waals surface area (Å²) in [7, 11) is 0. The van der Waals surface area contributed by atoms with Crippen LogP contribution in [-0.2, 0) is 6.54 Å². The van der Waals surface area contributed by atoms with Crippen LogP contribution >= 0.6 is 0 Å². The molecule has 172 valence electrons. The zero-order valence-corrected chi connectivity index (χ0v) is 18.7. The van der Waals surface area contributed by atoms with E-state index in [1.807, 2.05) is 30.3 Å². The molecule has 1 saturated heterocycles. The lowest BCUT2D eigenvalue weighted by molar-refractivity contribution is 0.0950. The summed E-state index contributed by atoms with van der Waals surface area (Å²) in [5, 5.41) is 5.74. The second-order valence-electron chi connectivity index (χ2n) is 8.48. The molecule has 0 spiro atoms. The highest BCUT2D eigenvalue weighted by molar-refractivity contribution is 6.00. The van der Waals surface area contributed by atoms with E-state index in [4.69, 9.17) is 0 Å². The van der Waals surface area contributed by atoms with Gasteiger partial charge in [-0.05, 0) is 57.2 Å². The van der Waals surface area contributed by atoms with Gasteiger partial charge in [0.2, 0.25) is 0 Å². The van der Waals surface area contributed by atoms with E-state index in [0.29, 0.717) is 44.3 Å². The molecule has 1 fully saturated rings. The molecule has 2 aromatic rings. The third-order valence-electron chi connectivity index (χ3n) is 5.88. The number of aromatic nitrogens is 1. The van der Waals surface area contributed by atoms with Gasteiger partial charge in [-0.3, -0.25) is 14.4 Å². The Morgan fingerprint density at radius 2 is 2.00 bits per heavy atom. The second-order valence-corrected chi connectivity index (χ2v) is 8.48. The van der Waals surface area contributed by atoms with Crippen LogP contribution in [0, 0.1) is 0 Å². The van der Waals surface area contributed by atoms with E-state index >= 15 is 0 Å².